The molecule has 0 radical (unpaired) electrons. The van der Waals surface area contributed by atoms with Crippen molar-refractivity contribution in [1.29, 1.82) is 0 Å². The first-order valence-corrected chi connectivity index (χ1v) is 16.1. The summed E-state index contributed by atoms with van der Waals surface area (Å²) in [4.78, 5) is 0. The minimum atomic E-state index is 0.179. The van der Waals surface area contributed by atoms with E-state index in [0.29, 0.717) is 0 Å². The molecule has 9 rings (SSSR count). The number of nitrogens with zero attached hydrogens (tertiary/aromatic N) is 1. The van der Waals surface area contributed by atoms with Gasteiger partial charge in [-0.05, 0) is 100 Å². The molecule has 0 amide bonds. The quantitative estimate of drug-likeness (QED) is 0.193. The van der Waals surface area contributed by atoms with Gasteiger partial charge in [-0.2, -0.15) is 0 Å². The number of hydrogen-bond acceptors (Lipinski definition) is 0. The Bertz CT molecular complexity index is 2460. The largest absolute Gasteiger partial charge is 0.309 e. The van der Waals surface area contributed by atoms with Crippen LogP contribution in [0.5, 0.6) is 0 Å². The number of para-hydroxylation sites is 1. The number of rotatable bonds is 4. The van der Waals surface area contributed by atoms with Crippen LogP contribution in [-0.2, 0) is 0 Å². The van der Waals surface area contributed by atoms with Gasteiger partial charge in [0.2, 0.25) is 0 Å². The standard InChI is InChI=1S/C45H33N/c1-29-10-7-12-31(24-29)33-20-22-40-41(27-33)37-16-3-4-18-39(37)45(40)35-14-9-15-36(26-35)46-43-19-6-5-17-38(43)42-28-34(21-23-44(42)46)32-13-8-11-30(2)25-32/h3-28,45H,1-2H3. The normalized spacial score (nSPS) is 13.7. The van der Waals surface area contributed by atoms with Crippen molar-refractivity contribution in [2.24, 2.45) is 0 Å². The lowest BCUT2D eigenvalue weighted by molar-refractivity contribution is 1.01. The molecule has 7 aromatic carbocycles. The van der Waals surface area contributed by atoms with Gasteiger partial charge >= 0.3 is 0 Å². The smallest absolute Gasteiger partial charge is 0.0541 e. The molecule has 1 unspecified atom stereocenters. The van der Waals surface area contributed by atoms with Gasteiger partial charge in [-0.1, -0.05) is 132 Å². The van der Waals surface area contributed by atoms with Gasteiger partial charge in [-0.25, -0.2) is 0 Å². The zero-order chi connectivity index (χ0) is 30.8. The molecule has 0 spiro atoms. The molecule has 0 N–H and O–H groups in total. The molecule has 1 atom stereocenters. The van der Waals surface area contributed by atoms with E-state index in [1.165, 1.54) is 88.7 Å². The minimum Gasteiger partial charge on any atom is -0.309 e. The summed E-state index contributed by atoms with van der Waals surface area (Å²) in [6, 6.07) is 58.5. The molecular weight excluding hydrogens is 555 g/mol. The molecule has 0 bridgehead atoms. The molecule has 0 saturated carbocycles. The highest BCUT2D eigenvalue weighted by Gasteiger charge is 2.30. The monoisotopic (exact) mass is 587 g/mol. The highest BCUT2D eigenvalue weighted by Crippen LogP contribution is 2.49. The van der Waals surface area contributed by atoms with Crippen molar-refractivity contribution in [2.75, 3.05) is 0 Å². The van der Waals surface area contributed by atoms with Crippen LogP contribution in [0.25, 0.3) is 60.9 Å². The van der Waals surface area contributed by atoms with Crippen molar-refractivity contribution < 1.29 is 0 Å². The molecule has 1 heterocycles. The Morgan fingerprint density at radius 2 is 1.04 bits per heavy atom. The Labute approximate surface area is 270 Å². The summed E-state index contributed by atoms with van der Waals surface area (Å²) in [5.74, 6) is 0.179. The van der Waals surface area contributed by atoms with Crippen LogP contribution in [0.3, 0.4) is 0 Å². The van der Waals surface area contributed by atoms with Crippen molar-refractivity contribution in [2.45, 2.75) is 19.8 Å². The van der Waals surface area contributed by atoms with E-state index >= 15 is 0 Å². The van der Waals surface area contributed by atoms with E-state index in [2.05, 4.69) is 176 Å². The lowest BCUT2D eigenvalue weighted by atomic mass is 9.88. The van der Waals surface area contributed by atoms with Crippen LogP contribution in [0.15, 0.2) is 158 Å². The fourth-order valence-corrected chi connectivity index (χ4v) is 7.66. The van der Waals surface area contributed by atoms with Crippen LogP contribution in [0.4, 0.5) is 0 Å². The maximum atomic E-state index is 2.44. The molecule has 0 aliphatic heterocycles. The number of benzene rings is 7. The number of aryl methyl sites for hydroxylation is 2. The van der Waals surface area contributed by atoms with Gasteiger partial charge in [0.1, 0.15) is 0 Å². The third-order valence-electron chi connectivity index (χ3n) is 9.76. The van der Waals surface area contributed by atoms with Crippen LogP contribution >= 0.6 is 0 Å². The molecule has 1 aromatic heterocycles. The summed E-state index contributed by atoms with van der Waals surface area (Å²) in [6.45, 7) is 4.32. The van der Waals surface area contributed by atoms with Crippen LogP contribution in [0.1, 0.15) is 33.7 Å². The first kappa shape index (κ1) is 26.7. The molecular formula is C45H33N. The van der Waals surface area contributed by atoms with Crippen molar-refractivity contribution in [3.8, 4) is 39.1 Å². The molecule has 1 heteroatoms. The predicted molar refractivity (Wildman–Crippen MR) is 194 cm³/mol. The van der Waals surface area contributed by atoms with Gasteiger partial charge in [0.15, 0.2) is 0 Å². The summed E-state index contributed by atoms with van der Waals surface area (Å²) in [6.07, 6.45) is 0. The zero-order valence-electron chi connectivity index (χ0n) is 26.0. The van der Waals surface area contributed by atoms with Gasteiger partial charge in [0, 0.05) is 22.4 Å². The van der Waals surface area contributed by atoms with E-state index in [-0.39, 0.29) is 5.92 Å². The van der Waals surface area contributed by atoms with Crippen LogP contribution in [0.2, 0.25) is 0 Å². The Balaban J connectivity index is 1.20. The number of hydrogen-bond donors (Lipinski definition) is 0. The van der Waals surface area contributed by atoms with E-state index < -0.39 is 0 Å². The van der Waals surface area contributed by atoms with Gasteiger partial charge < -0.3 is 4.57 Å². The molecule has 1 nitrogen and oxygen atoms in total. The van der Waals surface area contributed by atoms with Crippen molar-refractivity contribution in [3.63, 3.8) is 0 Å². The Hall–Kier alpha value is -5.66. The predicted octanol–water partition coefficient (Wildman–Crippen LogP) is 11.9. The lowest BCUT2D eigenvalue weighted by Crippen LogP contribution is -2.01. The van der Waals surface area contributed by atoms with Crippen molar-refractivity contribution in [1.82, 2.24) is 4.57 Å². The molecule has 0 fully saturated rings. The highest BCUT2D eigenvalue weighted by molar-refractivity contribution is 6.10. The van der Waals surface area contributed by atoms with Crippen molar-refractivity contribution >= 4 is 21.8 Å². The van der Waals surface area contributed by atoms with Gasteiger partial charge in [0.05, 0.1) is 11.0 Å². The number of fused-ring (bicyclic) bond motifs is 6. The van der Waals surface area contributed by atoms with E-state index in [4.69, 9.17) is 0 Å². The van der Waals surface area contributed by atoms with Gasteiger partial charge in [0.25, 0.3) is 0 Å². The fourth-order valence-electron chi connectivity index (χ4n) is 7.66. The third kappa shape index (κ3) is 4.24. The molecule has 8 aromatic rings. The van der Waals surface area contributed by atoms with Crippen LogP contribution in [0, 0.1) is 13.8 Å². The topological polar surface area (TPSA) is 4.93 Å². The first-order chi connectivity index (χ1) is 22.6. The Morgan fingerprint density at radius 3 is 1.85 bits per heavy atom. The minimum absolute atomic E-state index is 0.179. The summed E-state index contributed by atoms with van der Waals surface area (Å²) < 4.78 is 2.44. The summed E-state index contributed by atoms with van der Waals surface area (Å²) in [5, 5.41) is 2.55. The maximum absolute atomic E-state index is 2.44. The fraction of sp³-hybridized carbons (Fsp3) is 0.0667. The number of aromatic nitrogens is 1. The van der Waals surface area contributed by atoms with Crippen LogP contribution < -0.4 is 0 Å². The molecule has 1 aliphatic rings. The third-order valence-corrected chi connectivity index (χ3v) is 9.76. The Morgan fingerprint density at radius 1 is 0.413 bits per heavy atom. The second-order valence-electron chi connectivity index (χ2n) is 12.7. The zero-order valence-corrected chi connectivity index (χ0v) is 26.0. The lowest BCUT2D eigenvalue weighted by Gasteiger charge is -2.17. The first-order valence-electron chi connectivity index (χ1n) is 16.1. The second kappa shape index (κ2) is 10.5. The van der Waals surface area contributed by atoms with E-state index in [0.717, 1.165) is 0 Å². The molecule has 0 saturated heterocycles. The van der Waals surface area contributed by atoms with E-state index in [9.17, 15) is 0 Å². The molecule has 218 valence electrons. The summed E-state index contributed by atoms with van der Waals surface area (Å²) in [7, 11) is 0. The van der Waals surface area contributed by atoms with E-state index in [1.807, 2.05) is 0 Å². The van der Waals surface area contributed by atoms with Gasteiger partial charge in [-0.3, -0.25) is 0 Å². The SMILES string of the molecule is Cc1cccc(-c2ccc3c(c2)-c2ccccc2C3c2cccc(-n3c4ccccc4c4cc(-c5cccc(C)c5)ccc43)c2)c1. The Kier molecular flexibility index (Phi) is 6.08. The highest BCUT2D eigenvalue weighted by atomic mass is 15.0. The van der Waals surface area contributed by atoms with Crippen LogP contribution in [-0.4, -0.2) is 4.57 Å². The van der Waals surface area contributed by atoms with Crippen molar-refractivity contribution in [3.05, 3.63) is 186 Å². The van der Waals surface area contributed by atoms with E-state index in [1.54, 1.807) is 0 Å². The average molecular weight is 588 g/mol. The van der Waals surface area contributed by atoms with Gasteiger partial charge in [-0.15, -0.1) is 0 Å². The average Bonchev–Trinajstić information content (AvgIpc) is 3.60. The maximum Gasteiger partial charge on any atom is 0.0541 e. The summed E-state index contributed by atoms with van der Waals surface area (Å²) >= 11 is 0. The molecule has 46 heavy (non-hydrogen) atoms. The summed E-state index contributed by atoms with van der Waals surface area (Å²) in [5.41, 5.74) is 18.0. The second-order valence-corrected chi connectivity index (χ2v) is 12.7. The molecule has 1 aliphatic carbocycles.